The zero-order valence-corrected chi connectivity index (χ0v) is 9.80. The Kier molecular flexibility index (Phi) is 3.57. The highest BCUT2D eigenvalue weighted by Crippen LogP contribution is 2.25. The first-order valence-corrected chi connectivity index (χ1v) is 5.35. The van der Waals surface area contributed by atoms with Gasteiger partial charge in [0.25, 0.3) is 0 Å². The van der Waals surface area contributed by atoms with Crippen LogP contribution in [0.3, 0.4) is 0 Å². The molecule has 0 radical (unpaired) electrons. The number of methoxy groups -OCH3 is 1. The Morgan fingerprint density at radius 1 is 1.17 bits per heavy atom. The molecule has 2 aromatic carbocycles. The van der Waals surface area contributed by atoms with Crippen molar-refractivity contribution in [3.63, 3.8) is 0 Å². The van der Waals surface area contributed by atoms with Crippen LogP contribution >= 0.6 is 0 Å². The fourth-order valence-electron chi connectivity index (χ4n) is 1.45. The number of phenolic OH excluding ortho intramolecular Hbond substituents is 1. The fourth-order valence-corrected chi connectivity index (χ4v) is 1.45. The highest BCUT2D eigenvalue weighted by Gasteiger charge is 2.00. The molecule has 0 aliphatic heterocycles. The lowest BCUT2D eigenvalue weighted by Gasteiger charge is -2.03. The van der Waals surface area contributed by atoms with E-state index in [4.69, 9.17) is 4.74 Å². The predicted octanol–water partition coefficient (Wildman–Crippen LogP) is 3.29. The van der Waals surface area contributed by atoms with E-state index in [0.29, 0.717) is 11.4 Å². The number of aromatic hydroxyl groups is 1. The molecule has 92 valence electrons. The summed E-state index contributed by atoms with van der Waals surface area (Å²) in [7, 11) is 1.48. The standard InChI is InChI=1S/C14H12FNO2/c1-18-14-8-10(2-7-13(14)17)9-16-12-5-3-11(15)4-6-12/h2-9,17H,1H3. The number of halogens is 1. The van der Waals surface area contributed by atoms with Crippen LogP contribution in [0, 0.1) is 5.82 Å². The van der Waals surface area contributed by atoms with Crippen LogP contribution in [0.1, 0.15) is 5.56 Å². The van der Waals surface area contributed by atoms with E-state index in [1.165, 1.54) is 25.3 Å². The predicted molar refractivity (Wildman–Crippen MR) is 68.3 cm³/mol. The third-order valence-corrected chi connectivity index (χ3v) is 2.39. The van der Waals surface area contributed by atoms with E-state index in [1.807, 2.05) is 0 Å². The third kappa shape index (κ3) is 2.85. The first kappa shape index (κ1) is 12.1. The molecule has 0 unspecified atom stereocenters. The molecule has 4 heteroatoms. The van der Waals surface area contributed by atoms with E-state index in [-0.39, 0.29) is 11.6 Å². The SMILES string of the molecule is COc1cc(C=Nc2ccc(F)cc2)ccc1O. The Morgan fingerprint density at radius 3 is 2.56 bits per heavy atom. The molecule has 0 amide bonds. The van der Waals surface area contributed by atoms with Crippen LogP contribution in [0.4, 0.5) is 10.1 Å². The maximum atomic E-state index is 12.7. The normalized spacial score (nSPS) is 10.8. The Bertz CT molecular complexity index is 565. The number of rotatable bonds is 3. The molecule has 1 N–H and O–H groups in total. The Balaban J connectivity index is 2.20. The Hall–Kier alpha value is -2.36. The van der Waals surface area contributed by atoms with Crippen molar-refractivity contribution in [3.05, 3.63) is 53.8 Å². The molecule has 2 rings (SSSR count). The molecule has 0 aliphatic rings. The maximum Gasteiger partial charge on any atom is 0.161 e. The summed E-state index contributed by atoms with van der Waals surface area (Å²) in [5.74, 6) is 0.176. The van der Waals surface area contributed by atoms with E-state index in [2.05, 4.69) is 4.99 Å². The minimum atomic E-state index is -0.291. The lowest BCUT2D eigenvalue weighted by Crippen LogP contribution is -1.86. The van der Waals surface area contributed by atoms with Gasteiger partial charge in [0.05, 0.1) is 12.8 Å². The molecular weight excluding hydrogens is 233 g/mol. The van der Waals surface area contributed by atoms with Crippen molar-refractivity contribution in [1.29, 1.82) is 0 Å². The monoisotopic (exact) mass is 245 g/mol. The van der Waals surface area contributed by atoms with E-state index in [1.54, 1.807) is 30.5 Å². The van der Waals surface area contributed by atoms with Crippen molar-refractivity contribution in [3.8, 4) is 11.5 Å². The first-order chi connectivity index (χ1) is 8.69. The molecule has 3 nitrogen and oxygen atoms in total. The summed E-state index contributed by atoms with van der Waals surface area (Å²) in [5, 5.41) is 9.44. The van der Waals surface area contributed by atoms with Gasteiger partial charge in [0, 0.05) is 6.21 Å². The summed E-state index contributed by atoms with van der Waals surface area (Å²) in [6.45, 7) is 0. The zero-order valence-electron chi connectivity index (χ0n) is 9.80. The first-order valence-electron chi connectivity index (χ1n) is 5.35. The zero-order chi connectivity index (χ0) is 13.0. The molecule has 0 saturated heterocycles. The van der Waals surface area contributed by atoms with Crippen LogP contribution in [0.5, 0.6) is 11.5 Å². The molecule has 0 heterocycles. The van der Waals surface area contributed by atoms with Crippen LogP contribution in [-0.2, 0) is 0 Å². The van der Waals surface area contributed by atoms with E-state index in [9.17, 15) is 9.50 Å². The second kappa shape index (κ2) is 5.31. The average Bonchev–Trinajstić information content (AvgIpc) is 2.39. The van der Waals surface area contributed by atoms with Crippen molar-refractivity contribution in [2.24, 2.45) is 4.99 Å². The number of benzene rings is 2. The summed E-state index contributed by atoms with van der Waals surface area (Å²) < 4.78 is 17.7. The van der Waals surface area contributed by atoms with E-state index < -0.39 is 0 Å². The lowest BCUT2D eigenvalue weighted by atomic mass is 10.2. The van der Waals surface area contributed by atoms with Crippen molar-refractivity contribution < 1.29 is 14.2 Å². The van der Waals surface area contributed by atoms with Crippen LogP contribution in [0.25, 0.3) is 0 Å². The summed E-state index contributed by atoms with van der Waals surface area (Å²) in [5.41, 5.74) is 1.44. The molecule has 0 aliphatic carbocycles. The molecule has 0 bridgehead atoms. The molecule has 0 atom stereocenters. The van der Waals surface area contributed by atoms with Crippen LogP contribution in [0.15, 0.2) is 47.5 Å². The molecule has 0 fully saturated rings. The number of aliphatic imine (C=N–C) groups is 1. The van der Waals surface area contributed by atoms with Crippen LogP contribution in [0.2, 0.25) is 0 Å². The topological polar surface area (TPSA) is 41.8 Å². The van der Waals surface area contributed by atoms with Gasteiger partial charge in [-0.2, -0.15) is 0 Å². The summed E-state index contributed by atoms with van der Waals surface area (Å²) in [4.78, 5) is 4.19. The van der Waals surface area contributed by atoms with Gasteiger partial charge in [-0.05, 0) is 48.0 Å². The quantitative estimate of drug-likeness (QED) is 0.843. The number of hydrogen-bond donors (Lipinski definition) is 1. The van der Waals surface area contributed by atoms with Crippen molar-refractivity contribution in [2.45, 2.75) is 0 Å². The maximum absolute atomic E-state index is 12.7. The van der Waals surface area contributed by atoms with Crippen LogP contribution < -0.4 is 4.74 Å². The highest BCUT2D eigenvalue weighted by molar-refractivity contribution is 5.83. The van der Waals surface area contributed by atoms with Gasteiger partial charge in [-0.3, -0.25) is 4.99 Å². The van der Waals surface area contributed by atoms with Gasteiger partial charge in [-0.1, -0.05) is 0 Å². The van der Waals surface area contributed by atoms with Crippen LogP contribution in [-0.4, -0.2) is 18.4 Å². The Morgan fingerprint density at radius 2 is 1.89 bits per heavy atom. The molecule has 0 aromatic heterocycles. The summed E-state index contributed by atoms with van der Waals surface area (Å²) in [6, 6.07) is 10.8. The van der Waals surface area contributed by atoms with Gasteiger partial charge in [0.1, 0.15) is 5.82 Å². The smallest absolute Gasteiger partial charge is 0.161 e. The highest BCUT2D eigenvalue weighted by atomic mass is 19.1. The van der Waals surface area contributed by atoms with Crippen molar-refractivity contribution in [2.75, 3.05) is 7.11 Å². The lowest BCUT2D eigenvalue weighted by molar-refractivity contribution is 0.373. The molecular formula is C14H12FNO2. The fraction of sp³-hybridized carbons (Fsp3) is 0.0714. The van der Waals surface area contributed by atoms with Crippen molar-refractivity contribution in [1.82, 2.24) is 0 Å². The number of phenols is 1. The number of ether oxygens (including phenoxy) is 1. The van der Waals surface area contributed by atoms with Crippen molar-refractivity contribution >= 4 is 11.9 Å². The molecule has 2 aromatic rings. The second-order valence-electron chi connectivity index (χ2n) is 3.67. The minimum Gasteiger partial charge on any atom is -0.504 e. The molecule has 18 heavy (non-hydrogen) atoms. The minimum absolute atomic E-state index is 0.0800. The second-order valence-corrected chi connectivity index (χ2v) is 3.67. The summed E-state index contributed by atoms with van der Waals surface area (Å²) >= 11 is 0. The van der Waals surface area contributed by atoms with Gasteiger partial charge in [0.15, 0.2) is 11.5 Å². The third-order valence-electron chi connectivity index (χ3n) is 2.39. The van der Waals surface area contributed by atoms with Gasteiger partial charge in [-0.25, -0.2) is 4.39 Å². The van der Waals surface area contributed by atoms with Gasteiger partial charge in [-0.15, -0.1) is 0 Å². The van der Waals surface area contributed by atoms with Gasteiger partial charge < -0.3 is 9.84 Å². The number of nitrogens with zero attached hydrogens (tertiary/aromatic N) is 1. The molecule has 0 saturated carbocycles. The average molecular weight is 245 g/mol. The van der Waals surface area contributed by atoms with Gasteiger partial charge in [0.2, 0.25) is 0 Å². The molecule has 0 spiro atoms. The summed E-state index contributed by atoms with van der Waals surface area (Å²) in [6.07, 6.45) is 1.62. The van der Waals surface area contributed by atoms with Gasteiger partial charge >= 0.3 is 0 Å². The number of hydrogen-bond acceptors (Lipinski definition) is 3. The Labute approximate surface area is 104 Å². The largest absolute Gasteiger partial charge is 0.504 e. The van der Waals surface area contributed by atoms with E-state index >= 15 is 0 Å². The van der Waals surface area contributed by atoms with E-state index in [0.717, 1.165) is 5.56 Å².